The SMILES string of the molecule is O=C(OC[C@@H](O)[C@@H](OC(=O)c1cccnc1)[C@H](OC(=O)c1cccnc1)[C@@H](CO)OC(=O)c1cccnc1)c1cccnc1. The lowest BCUT2D eigenvalue weighted by Crippen LogP contribution is -2.53. The summed E-state index contributed by atoms with van der Waals surface area (Å²) < 4.78 is 21.8. The van der Waals surface area contributed by atoms with Crippen molar-refractivity contribution in [3.8, 4) is 0 Å². The smallest absolute Gasteiger partial charge is 0.340 e. The molecule has 2 N–H and O–H groups in total. The number of aliphatic hydroxyl groups excluding tert-OH is 2. The van der Waals surface area contributed by atoms with Crippen LogP contribution in [0.4, 0.5) is 0 Å². The summed E-state index contributed by atoms with van der Waals surface area (Å²) in [5.41, 5.74) is -0.00941. The van der Waals surface area contributed by atoms with E-state index in [4.69, 9.17) is 18.9 Å². The lowest BCUT2D eigenvalue weighted by atomic mass is 10.0. The molecule has 0 aliphatic heterocycles. The molecule has 44 heavy (non-hydrogen) atoms. The van der Waals surface area contributed by atoms with E-state index in [1.54, 1.807) is 0 Å². The van der Waals surface area contributed by atoms with Gasteiger partial charge in [0.2, 0.25) is 0 Å². The number of carbonyl (C=O) groups excluding carboxylic acids is 4. The van der Waals surface area contributed by atoms with Crippen LogP contribution in [0, 0.1) is 0 Å². The highest BCUT2D eigenvalue weighted by Gasteiger charge is 2.43. The summed E-state index contributed by atoms with van der Waals surface area (Å²) in [4.78, 5) is 67.1. The van der Waals surface area contributed by atoms with E-state index in [2.05, 4.69) is 19.9 Å². The molecule has 0 saturated heterocycles. The van der Waals surface area contributed by atoms with Crippen LogP contribution in [-0.2, 0) is 18.9 Å². The molecule has 4 aromatic heterocycles. The fraction of sp³-hybridized carbons (Fsp3) is 0.200. The topological polar surface area (TPSA) is 197 Å². The van der Waals surface area contributed by atoms with Gasteiger partial charge in [0.25, 0.3) is 0 Å². The molecule has 0 radical (unpaired) electrons. The molecule has 0 unspecified atom stereocenters. The van der Waals surface area contributed by atoms with Crippen molar-refractivity contribution in [1.82, 2.24) is 19.9 Å². The zero-order chi connectivity index (χ0) is 31.3. The molecule has 0 amide bonds. The normalized spacial score (nSPS) is 13.4. The van der Waals surface area contributed by atoms with E-state index in [9.17, 15) is 29.4 Å². The first-order valence-electron chi connectivity index (χ1n) is 13.1. The van der Waals surface area contributed by atoms with Crippen LogP contribution in [0.25, 0.3) is 0 Å². The van der Waals surface area contributed by atoms with Crippen LogP contribution < -0.4 is 0 Å². The average Bonchev–Trinajstić information content (AvgIpc) is 3.08. The molecule has 0 spiro atoms. The predicted molar refractivity (Wildman–Crippen MR) is 148 cm³/mol. The Hall–Kier alpha value is -5.60. The molecule has 4 aromatic rings. The maximum Gasteiger partial charge on any atom is 0.340 e. The second kappa shape index (κ2) is 15.6. The number of hydrogen-bond donors (Lipinski definition) is 2. The maximum atomic E-state index is 13.1. The Morgan fingerprint density at radius 1 is 0.591 bits per heavy atom. The van der Waals surface area contributed by atoms with E-state index in [1.807, 2.05) is 0 Å². The van der Waals surface area contributed by atoms with Crippen LogP contribution in [0.5, 0.6) is 0 Å². The molecule has 0 aliphatic carbocycles. The van der Waals surface area contributed by atoms with Crippen molar-refractivity contribution in [1.29, 1.82) is 0 Å². The third kappa shape index (κ3) is 8.47. The molecule has 4 atom stereocenters. The third-order valence-corrected chi connectivity index (χ3v) is 5.97. The molecule has 14 heteroatoms. The van der Waals surface area contributed by atoms with Gasteiger partial charge in [-0.2, -0.15) is 0 Å². The summed E-state index contributed by atoms with van der Waals surface area (Å²) in [5, 5.41) is 21.5. The van der Waals surface area contributed by atoms with Crippen LogP contribution in [0.2, 0.25) is 0 Å². The van der Waals surface area contributed by atoms with E-state index in [1.165, 1.54) is 98.1 Å². The monoisotopic (exact) mass is 602 g/mol. The van der Waals surface area contributed by atoms with Crippen LogP contribution in [0.15, 0.2) is 98.1 Å². The minimum atomic E-state index is -1.87. The highest BCUT2D eigenvalue weighted by atomic mass is 16.6. The highest BCUT2D eigenvalue weighted by molar-refractivity contribution is 5.91. The molecule has 4 rings (SSSR count). The number of carbonyl (C=O) groups is 4. The Kier molecular flexibility index (Phi) is 11.1. The van der Waals surface area contributed by atoms with Crippen molar-refractivity contribution in [3.63, 3.8) is 0 Å². The van der Waals surface area contributed by atoms with Crippen molar-refractivity contribution in [2.24, 2.45) is 0 Å². The highest BCUT2D eigenvalue weighted by Crippen LogP contribution is 2.21. The van der Waals surface area contributed by atoms with Gasteiger partial charge in [-0.25, -0.2) is 19.2 Å². The Morgan fingerprint density at radius 3 is 1.36 bits per heavy atom. The second-order valence-corrected chi connectivity index (χ2v) is 9.00. The lowest BCUT2D eigenvalue weighted by Gasteiger charge is -2.34. The van der Waals surface area contributed by atoms with Crippen molar-refractivity contribution in [2.45, 2.75) is 24.4 Å². The zero-order valence-corrected chi connectivity index (χ0v) is 22.9. The summed E-state index contributed by atoms with van der Waals surface area (Å²) in [6.45, 7) is -1.71. The first-order chi connectivity index (χ1) is 21.4. The number of aromatic nitrogens is 4. The van der Waals surface area contributed by atoms with Gasteiger partial charge in [0, 0.05) is 49.6 Å². The quantitative estimate of drug-likeness (QED) is 0.165. The Bertz CT molecular complexity index is 1530. The molecule has 226 valence electrons. The summed E-state index contributed by atoms with van der Waals surface area (Å²) >= 11 is 0. The van der Waals surface area contributed by atoms with Gasteiger partial charge in [0.15, 0.2) is 18.3 Å². The third-order valence-electron chi connectivity index (χ3n) is 5.97. The fourth-order valence-electron chi connectivity index (χ4n) is 3.79. The van der Waals surface area contributed by atoms with Crippen LogP contribution >= 0.6 is 0 Å². The van der Waals surface area contributed by atoms with Crippen molar-refractivity contribution < 1.29 is 48.3 Å². The van der Waals surface area contributed by atoms with Gasteiger partial charge in [-0.05, 0) is 48.5 Å². The molecule has 0 aromatic carbocycles. The molecule has 0 bridgehead atoms. The number of pyridine rings is 4. The average molecular weight is 603 g/mol. The van der Waals surface area contributed by atoms with Crippen LogP contribution in [0.1, 0.15) is 41.4 Å². The van der Waals surface area contributed by atoms with Crippen LogP contribution in [0.3, 0.4) is 0 Å². The number of aliphatic hydroxyl groups is 2. The van der Waals surface area contributed by atoms with Gasteiger partial charge in [-0.3, -0.25) is 19.9 Å². The first-order valence-corrected chi connectivity index (χ1v) is 13.1. The van der Waals surface area contributed by atoms with Gasteiger partial charge in [0.1, 0.15) is 12.7 Å². The summed E-state index contributed by atoms with van der Waals surface area (Å²) in [6.07, 6.45) is 3.29. The minimum Gasteiger partial charge on any atom is -0.459 e. The Morgan fingerprint density at radius 2 is 0.977 bits per heavy atom. The van der Waals surface area contributed by atoms with Gasteiger partial charge in [-0.1, -0.05) is 0 Å². The Balaban J connectivity index is 1.67. The van der Waals surface area contributed by atoms with Gasteiger partial charge in [0.05, 0.1) is 28.9 Å². The van der Waals surface area contributed by atoms with E-state index in [0.717, 1.165) is 0 Å². The molecule has 4 heterocycles. The first kappa shape index (κ1) is 31.3. The standard InChI is InChI=1S/C30H26N4O10/c35-17-24(42-28(38)20-6-2-10-32-14-20)26(44-30(40)22-8-4-12-34-16-22)25(43-29(39)21-7-3-11-33-15-21)23(36)18-41-27(37)19-5-1-9-31-13-19/h1-16,23-26,35-36H,17-18H2/t23-,24-,25-,26-/m1/s1. The number of nitrogens with zero attached hydrogens (tertiary/aromatic N) is 4. The Labute approximate surface area is 250 Å². The van der Waals surface area contributed by atoms with Crippen LogP contribution in [-0.4, -0.2) is 91.7 Å². The predicted octanol–water partition coefficient (Wildman–Crippen LogP) is 1.45. The molecule has 0 saturated carbocycles. The number of hydrogen-bond acceptors (Lipinski definition) is 14. The molecule has 14 nitrogen and oxygen atoms in total. The maximum absolute atomic E-state index is 13.1. The van der Waals surface area contributed by atoms with Crippen molar-refractivity contribution in [3.05, 3.63) is 120 Å². The van der Waals surface area contributed by atoms with Crippen molar-refractivity contribution >= 4 is 23.9 Å². The number of ether oxygens (including phenoxy) is 4. The molecule has 0 aliphatic rings. The molecular formula is C30H26N4O10. The summed E-state index contributed by atoms with van der Waals surface area (Å²) in [5.74, 6) is -3.85. The van der Waals surface area contributed by atoms with E-state index in [-0.39, 0.29) is 22.3 Å². The second-order valence-electron chi connectivity index (χ2n) is 9.00. The van der Waals surface area contributed by atoms with Gasteiger partial charge < -0.3 is 29.2 Å². The summed E-state index contributed by atoms with van der Waals surface area (Å²) in [7, 11) is 0. The zero-order valence-electron chi connectivity index (χ0n) is 22.9. The number of esters is 4. The largest absolute Gasteiger partial charge is 0.459 e. The molecule has 0 fully saturated rings. The van der Waals surface area contributed by atoms with E-state index >= 15 is 0 Å². The van der Waals surface area contributed by atoms with E-state index in [0.29, 0.717) is 0 Å². The van der Waals surface area contributed by atoms with E-state index < -0.39 is 61.5 Å². The lowest BCUT2D eigenvalue weighted by molar-refractivity contribution is -0.135. The number of rotatable bonds is 13. The minimum absolute atomic E-state index is 0.00172. The van der Waals surface area contributed by atoms with Gasteiger partial charge in [-0.15, -0.1) is 0 Å². The molecular weight excluding hydrogens is 576 g/mol. The van der Waals surface area contributed by atoms with Crippen molar-refractivity contribution in [2.75, 3.05) is 13.2 Å². The summed E-state index contributed by atoms with van der Waals surface area (Å²) in [6, 6.07) is 11.5. The van der Waals surface area contributed by atoms with Gasteiger partial charge >= 0.3 is 23.9 Å². The fourth-order valence-corrected chi connectivity index (χ4v) is 3.79.